The molecule has 0 radical (unpaired) electrons. The SMILES string of the molecule is CCC1CCC(C)N1c1ccc(N)cn1. The lowest BCUT2D eigenvalue weighted by molar-refractivity contribution is 0.621. The Kier molecular flexibility index (Phi) is 2.80. The molecule has 1 aromatic rings. The molecule has 0 spiro atoms. The molecule has 2 atom stereocenters. The number of hydrogen-bond donors (Lipinski definition) is 1. The molecule has 3 heteroatoms. The van der Waals surface area contributed by atoms with Crippen molar-refractivity contribution < 1.29 is 0 Å². The first-order valence-electron chi connectivity index (χ1n) is 5.72. The number of nitrogens with two attached hydrogens (primary N) is 1. The summed E-state index contributed by atoms with van der Waals surface area (Å²) in [5.41, 5.74) is 6.38. The van der Waals surface area contributed by atoms with Gasteiger partial charge in [0.05, 0.1) is 11.9 Å². The summed E-state index contributed by atoms with van der Waals surface area (Å²) >= 11 is 0. The zero-order valence-corrected chi connectivity index (χ0v) is 9.48. The number of nitrogen functional groups attached to an aromatic ring is 1. The van der Waals surface area contributed by atoms with E-state index < -0.39 is 0 Å². The molecule has 2 rings (SSSR count). The maximum Gasteiger partial charge on any atom is 0.129 e. The van der Waals surface area contributed by atoms with Crippen LogP contribution in [0, 0.1) is 0 Å². The Balaban J connectivity index is 2.24. The van der Waals surface area contributed by atoms with Gasteiger partial charge in [0.2, 0.25) is 0 Å². The standard InChI is InChI=1S/C12H19N3/c1-3-11-6-4-9(2)15(11)12-7-5-10(13)8-14-12/h5,7-9,11H,3-4,6,13H2,1-2H3. The highest BCUT2D eigenvalue weighted by Gasteiger charge is 2.29. The summed E-state index contributed by atoms with van der Waals surface area (Å²) in [5.74, 6) is 1.07. The van der Waals surface area contributed by atoms with Gasteiger partial charge in [0, 0.05) is 12.1 Å². The first kappa shape index (κ1) is 10.3. The van der Waals surface area contributed by atoms with Gasteiger partial charge in [-0.1, -0.05) is 6.92 Å². The molecule has 2 N–H and O–H groups in total. The molecule has 0 amide bonds. The van der Waals surface area contributed by atoms with Crippen LogP contribution in [0.5, 0.6) is 0 Å². The van der Waals surface area contributed by atoms with Crippen molar-refractivity contribution in [3.05, 3.63) is 18.3 Å². The van der Waals surface area contributed by atoms with Crippen LogP contribution in [0.2, 0.25) is 0 Å². The average molecular weight is 205 g/mol. The third kappa shape index (κ3) is 1.91. The van der Waals surface area contributed by atoms with Crippen LogP contribution in [-0.2, 0) is 0 Å². The number of rotatable bonds is 2. The Morgan fingerprint density at radius 2 is 2.27 bits per heavy atom. The lowest BCUT2D eigenvalue weighted by atomic mass is 10.1. The minimum atomic E-state index is 0.603. The van der Waals surface area contributed by atoms with E-state index in [1.165, 1.54) is 19.3 Å². The van der Waals surface area contributed by atoms with Gasteiger partial charge in [-0.2, -0.15) is 0 Å². The minimum Gasteiger partial charge on any atom is -0.397 e. The molecule has 1 aliphatic heterocycles. The van der Waals surface area contributed by atoms with Crippen LogP contribution in [-0.4, -0.2) is 17.1 Å². The van der Waals surface area contributed by atoms with Crippen LogP contribution in [0.3, 0.4) is 0 Å². The Hall–Kier alpha value is -1.25. The maximum atomic E-state index is 5.65. The summed E-state index contributed by atoms with van der Waals surface area (Å²) in [4.78, 5) is 6.84. The monoisotopic (exact) mass is 205 g/mol. The molecule has 15 heavy (non-hydrogen) atoms. The van der Waals surface area contributed by atoms with Crippen molar-refractivity contribution in [3.8, 4) is 0 Å². The van der Waals surface area contributed by atoms with E-state index in [0.29, 0.717) is 12.1 Å². The van der Waals surface area contributed by atoms with Crippen LogP contribution < -0.4 is 10.6 Å². The molecule has 0 aromatic carbocycles. The molecule has 82 valence electrons. The van der Waals surface area contributed by atoms with Gasteiger partial charge in [-0.05, 0) is 38.3 Å². The number of aromatic nitrogens is 1. The molecule has 0 bridgehead atoms. The highest BCUT2D eigenvalue weighted by molar-refractivity contribution is 5.48. The summed E-state index contributed by atoms with van der Waals surface area (Å²) < 4.78 is 0. The molecule has 1 aromatic heterocycles. The van der Waals surface area contributed by atoms with Crippen molar-refractivity contribution in [2.45, 2.75) is 45.2 Å². The van der Waals surface area contributed by atoms with Crippen LogP contribution in [0.25, 0.3) is 0 Å². The molecule has 0 saturated carbocycles. The van der Waals surface area contributed by atoms with Crippen LogP contribution in [0.4, 0.5) is 11.5 Å². The normalized spacial score (nSPS) is 25.9. The molecular weight excluding hydrogens is 186 g/mol. The summed E-state index contributed by atoms with van der Waals surface area (Å²) in [5, 5.41) is 0. The quantitative estimate of drug-likeness (QED) is 0.806. The molecular formula is C12H19N3. The van der Waals surface area contributed by atoms with Crippen LogP contribution in [0.15, 0.2) is 18.3 Å². The largest absolute Gasteiger partial charge is 0.397 e. The van der Waals surface area contributed by atoms with Gasteiger partial charge in [-0.3, -0.25) is 0 Å². The van der Waals surface area contributed by atoms with Crippen molar-refractivity contribution in [3.63, 3.8) is 0 Å². The van der Waals surface area contributed by atoms with Crippen molar-refractivity contribution >= 4 is 11.5 Å². The maximum absolute atomic E-state index is 5.65. The van der Waals surface area contributed by atoms with Gasteiger partial charge < -0.3 is 10.6 Å². The first-order valence-corrected chi connectivity index (χ1v) is 5.72. The molecule has 3 nitrogen and oxygen atoms in total. The van der Waals surface area contributed by atoms with E-state index in [-0.39, 0.29) is 0 Å². The lowest BCUT2D eigenvalue weighted by Crippen LogP contribution is -2.34. The fraction of sp³-hybridized carbons (Fsp3) is 0.583. The fourth-order valence-corrected chi connectivity index (χ4v) is 2.44. The van der Waals surface area contributed by atoms with Crippen LogP contribution in [0.1, 0.15) is 33.1 Å². The van der Waals surface area contributed by atoms with E-state index in [1.807, 2.05) is 12.1 Å². The Bertz CT molecular complexity index is 320. The molecule has 1 saturated heterocycles. The average Bonchev–Trinajstić information content (AvgIpc) is 2.61. The van der Waals surface area contributed by atoms with E-state index >= 15 is 0 Å². The highest BCUT2D eigenvalue weighted by Crippen LogP contribution is 2.30. The Morgan fingerprint density at radius 3 is 2.87 bits per heavy atom. The topological polar surface area (TPSA) is 42.1 Å². The predicted molar refractivity (Wildman–Crippen MR) is 63.9 cm³/mol. The molecule has 2 unspecified atom stereocenters. The summed E-state index contributed by atoms with van der Waals surface area (Å²) in [6.45, 7) is 4.51. The molecule has 1 aliphatic rings. The Labute approximate surface area is 91.3 Å². The van der Waals surface area contributed by atoms with E-state index in [2.05, 4.69) is 23.7 Å². The van der Waals surface area contributed by atoms with Gasteiger partial charge in [0.25, 0.3) is 0 Å². The first-order chi connectivity index (χ1) is 7.22. The zero-order valence-electron chi connectivity index (χ0n) is 9.48. The fourth-order valence-electron chi connectivity index (χ4n) is 2.44. The van der Waals surface area contributed by atoms with Crippen molar-refractivity contribution in [1.29, 1.82) is 0 Å². The molecule has 1 fully saturated rings. The number of hydrogen-bond acceptors (Lipinski definition) is 3. The highest BCUT2D eigenvalue weighted by atomic mass is 15.3. The number of nitrogens with zero attached hydrogens (tertiary/aromatic N) is 2. The van der Waals surface area contributed by atoms with E-state index in [0.717, 1.165) is 11.5 Å². The van der Waals surface area contributed by atoms with Gasteiger partial charge in [0.15, 0.2) is 0 Å². The van der Waals surface area contributed by atoms with Gasteiger partial charge >= 0.3 is 0 Å². The van der Waals surface area contributed by atoms with Gasteiger partial charge in [0.1, 0.15) is 5.82 Å². The van der Waals surface area contributed by atoms with E-state index in [4.69, 9.17) is 5.73 Å². The van der Waals surface area contributed by atoms with Gasteiger partial charge in [-0.15, -0.1) is 0 Å². The lowest BCUT2D eigenvalue weighted by Gasteiger charge is -2.29. The van der Waals surface area contributed by atoms with E-state index in [9.17, 15) is 0 Å². The number of pyridine rings is 1. The van der Waals surface area contributed by atoms with Gasteiger partial charge in [-0.25, -0.2) is 4.98 Å². The zero-order chi connectivity index (χ0) is 10.8. The second-order valence-electron chi connectivity index (χ2n) is 4.35. The van der Waals surface area contributed by atoms with Crippen molar-refractivity contribution in [2.24, 2.45) is 0 Å². The van der Waals surface area contributed by atoms with E-state index in [1.54, 1.807) is 6.20 Å². The third-order valence-electron chi connectivity index (χ3n) is 3.29. The van der Waals surface area contributed by atoms with Crippen molar-refractivity contribution in [1.82, 2.24) is 4.98 Å². The third-order valence-corrected chi connectivity index (χ3v) is 3.29. The second kappa shape index (κ2) is 4.09. The van der Waals surface area contributed by atoms with Crippen LogP contribution >= 0.6 is 0 Å². The minimum absolute atomic E-state index is 0.603. The number of anilines is 2. The molecule has 0 aliphatic carbocycles. The molecule has 2 heterocycles. The predicted octanol–water partition coefficient (Wildman–Crippen LogP) is 2.43. The summed E-state index contributed by atoms with van der Waals surface area (Å²) in [6.07, 6.45) is 5.48. The van der Waals surface area contributed by atoms with Crippen molar-refractivity contribution in [2.75, 3.05) is 10.6 Å². The summed E-state index contributed by atoms with van der Waals surface area (Å²) in [6, 6.07) is 5.21. The smallest absolute Gasteiger partial charge is 0.129 e. The Morgan fingerprint density at radius 1 is 1.47 bits per heavy atom. The second-order valence-corrected chi connectivity index (χ2v) is 4.35. The summed E-state index contributed by atoms with van der Waals surface area (Å²) in [7, 11) is 0.